The Bertz CT molecular complexity index is 1370. The zero-order valence-electron chi connectivity index (χ0n) is 20.0. The molecule has 1 atom stereocenters. The SMILES string of the molecule is CC1=C(C(=O)OCc2ccccc2)[C@@]2(C(=O)Nc3ccccc32)C(C(=O)OCc2ccccc2)=C(N)O1. The summed E-state index contributed by atoms with van der Waals surface area (Å²) in [5.74, 6) is -2.58. The summed E-state index contributed by atoms with van der Waals surface area (Å²) in [6.45, 7) is 1.41. The van der Waals surface area contributed by atoms with E-state index in [9.17, 15) is 14.4 Å². The number of esters is 2. The van der Waals surface area contributed by atoms with Crippen LogP contribution in [0.3, 0.4) is 0 Å². The number of nitrogens with two attached hydrogens (primary N) is 1. The predicted octanol–water partition coefficient (Wildman–Crippen LogP) is 3.84. The highest BCUT2D eigenvalue weighted by atomic mass is 16.5. The second-order valence-electron chi connectivity index (χ2n) is 8.65. The third kappa shape index (κ3) is 4.12. The van der Waals surface area contributed by atoms with Crippen LogP contribution in [0.15, 0.2) is 108 Å². The van der Waals surface area contributed by atoms with Gasteiger partial charge in [-0.3, -0.25) is 4.79 Å². The van der Waals surface area contributed by atoms with Crippen molar-refractivity contribution in [2.75, 3.05) is 5.32 Å². The molecule has 0 aromatic heterocycles. The maximum absolute atomic E-state index is 13.8. The standard InChI is InChI=1S/C29H24N2O6/c1-18-23(26(32)35-16-19-10-4-2-5-11-19)29(21-14-8-9-15-22(21)31-28(29)34)24(25(30)37-18)27(33)36-17-20-12-6-3-7-13-20/h2-15H,16-17,30H2,1H3,(H,31,34)/t29-/m1/s1. The molecule has 3 N–H and O–H groups in total. The monoisotopic (exact) mass is 496 g/mol. The zero-order chi connectivity index (χ0) is 26.0. The minimum atomic E-state index is -1.91. The number of fused-ring (bicyclic) bond motifs is 2. The second-order valence-corrected chi connectivity index (χ2v) is 8.65. The van der Waals surface area contributed by atoms with Crippen LogP contribution >= 0.6 is 0 Å². The van der Waals surface area contributed by atoms with Gasteiger partial charge in [-0.25, -0.2) is 9.59 Å². The number of rotatable bonds is 6. The third-order valence-corrected chi connectivity index (χ3v) is 6.37. The van der Waals surface area contributed by atoms with Crippen LogP contribution in [0.4, 0.5) is 5.69 Å². The van der Waals surface area contributed by atoms with Gasteiger partial charge >= 0.3 is 11.9 Å². The van der Waals surface area contributed by atoms with Crippen LogP contribution in [-0.4, -0.2) is 17.8 Å². The molecular weight excluding hydrogens is 472 g/mol. The Morgan fingerprint density at radius 1 is 0.811 bits per heavy atom. The van der Waals surface area contributed by atoms with Gasteiger partial charge in [0.15, 0.2) is 0 Å². The molecule has 186 valence electrons. The van der Waals surface area contributed by atoms with E-state index in [-0.39, 0.29) is 36.0 Å². The van der Waals surface area contributed by atoms with Crippen molar-refractivity contribution in [3.63, 3.8) is 0 Å². The van der Waals surface area contributed by atoms with Gasteiger partial charge in [0, 0.05) is 11.3 Å². The number of nitrogens with one attached hydrogen (secondary N) is 1. The minimum absolute atomic E-state index is 0.0389. The number of hydrogen-bond donors (Lipinski definition) is 2. The van der Waals surface area contributed by atoms with E-state index in [0.29, 0.717) is 11.3 Å². The molecule has 2 aliphatic heterocycles. The molecular formula is C29H24N2O6. The number of allylic oxidation sites excluding steroid dienone is 1. The molecule has 3 aromatic carbocycles. The molecule has 8 nitrogen and oxygen atoms in total. The molecule has 3 aromatic rings. The van der Waals surface area contributed by atoms with Crippen molar-refractivity contribution in [3.05, 3.63) is 124 Å². The number of ether oxygens (including phenoxy) is 3. The average Bonchev–Trinajstić information content (AvgIpc) is 3.18. The first-order valence-electron chi connectivity index (χ1n) is 11.7. The Balaban J connectivity index is 1.58. The van der Waals surface area contributed by atoms with Gasteiger partial charge in [0.25, 0.3) is 0 Å². The number of anilines is 1. The van der Waals surface area contributed by atoms with Crippen molar-refractivity contribution in [2.24, 2.45) is 5.73 Å². The summed E-state index contributed by atoms with van der Waals surface area (Å²) in [4.78, 5) is 40.9. The third-order valence-electron chi connectivity index (χ3n) is 6.37. The fourth-order valence-electron chi connectivity index (χ4n) is 4.74. The van der Waals surface area contributed by atoms with Crippen molar-refractivity contribution in [1.82, 2.24) is 0 Å². The Kier molecular flexibility index (Phi) is 6.23. The van der Waals surface area contributed by atoms with Gasteiger partial charge in [-0.1, -0.05) is 78.9 Å². The summed E-state index contributed by atoms with van der Waals surface area (Å²) in [6, 6.07) is 25.0. The lowest BCUT2D eigenvalue weighted by molar-refractivity contribution is -0.144. The highest BCUT2D eigenvalue weighted by molar-refractivity contribution is 6.21. The van der Waals surface area contributed by atoms with Crippen LogP contribution in [0.25, 0.3) is 0 Å². The van der Waals surface area contributed by atoms with Crippen LogP contribution < -0.4 is 11.1 Å². The van der Waals surface area contributed by atoms with E-state index in [2.05, 4.69) is 5.32 Å². The number of benzene rings is 3. The van der Waals surface area contributed by atoms with E-state index in [1.165, 1.54) is 6.92 Å². The van der Waals surface area contributed by atoms with Crippen molar-refractivity contribution >= 4 is 23.5 Å². The van der Waals surface area contributed by atoms with E-state index in [1.54, 1.807) is 36.4 Å². The molecule has 0 saturated heterocycles. The average molecular weight is 497 g/mol. The Morgan fingerprint density at radius 2 is 1.32 bits per heavy atom. The van der Waals surface area contributed by atoms with Crippen LogP contribution in [0, 0.1) is 0 Å². The van der Waals surface area contributed by atoms with E-state index < -0.39 is 23.3 Å². The number of amides is 1. The molecule has 5 rings (SSSR count). The Morgan fingerprint density at radius 3 is 1.92 bits per heavy atom. The van der Waals surface area contributed by atoms with Gasteiger partial charge in [-0.05, 0) is 24.1 Å². The van der Waals surface area contributed by atoms with Crippen LogP contribution in [-0.2, 0) is 47.2 Å². The molecule has 1 amide bonds. The number of carbonyl (C=O) groups is 3. The van der Waals surface area contributed by atoms with E-state index in [1.807, 2.05) is 48.5 Å². The summed E-state index contributed by atoms with van der Waals surface area (Å²) in [5, 5.41) is 2.78. The Labute approximate surface area is 213 Å². The molecule has 1 spiro atoms. The minimum Gasteiger partial charge on any atom is -0.457 e. The predicted molar refractivity (Wildman–Crippen MR) is 134 cm³/mol. The van der Waals surface area contributed by atoms with E-state index in [0.717, 1.165) is 11.1 Å². The molecule has 37 heavy (non-hydrogen) atoms. The lowest BCUT2D eigenvalue weighted by Crippen LogP contribution is -2.48. The Hall–Kier alpha value is -4.85. The largest absolute Gasteiger partial charge is 0.457 e. The molecule has 2 aliphatic rings. The molecule has 0 unspecified atom stereocenters. The summed E-state index contributed by atoms with van der Waals surface area (Å²) in [7, 11) is 0. The zero-order valence-corrected chi connectivity index (χ0v) is 20.0. The first-order valence-corrected chi connectivity index (χ1v) is 11.7. The lowest BCUT2D eigenvalue weighted by atomic mass is 9.67. The van der Waals surface area contributed by atoms with Crippen LogP contribution in [0.1, 0.15) is 23.6 Å². The summed E-state index contributed by atoms with van der Waals surface area (Å²) >= 11 is 0. The fourth-order valence-corrected chi connectivity index (χ4v) is 4.74. The molecule has 2 heterocycles. The van der Waals surface area contributed by atoms with Gasteiger partial charge in [0.1, 0.15) is 35.5 Å². The van der Waals surface area contributed by atoms with Crippen molar-refractivity contribution in [3.8, 4) is 0 Å². The van der Waals surface area contributed by atoms with Gasteiger partial charge in [-0.2, -0.15) is 0 Å². The van der Waals surface area contributed by atoms with E-state index >= 15 is 0 Å². The molecule has 0 saturated carbocycles. The van der Waals surface area contributed by atoms with Crippen LogP contribution in [0.5, 0.6) is 0 Å². The first kappa shape index (κ1) is 23.9. The van der Waals surface area contributed by atoms with Crippen molar-refractivity contribution in [2.45, 2.75) is 25.6 Å². The highest BCUT2D eigenvalue weighted by Crippen LogP contribution is 2.52. The molecule has 0 fully saturated rings. The van der Waals surface area contributed by atoms with E-state index in [4.69, 9.17) is 19.9 Å². The molecule has 0 bridgehead atoms. The lowest BCUT2D eigenvalue weighted by Gasteiger charge is -2.35. The van der Waals surface area contributed by atoms with Crippen LogP contribution in [0.2, 0.25) is 0 Å². The van der Waals surface area contributed by atoms with Gasteiger partial charge in [-0.15, -0.1) is 0 Å². The summed E-state index contributed by atoms with van der Waals surface area (Å²) < 4.78 is 16.8. The normalized spacial score (nSPS) is 18.2. The topological polar surface area (TPSA) is 117 Å². The van der Waals surface area contributed by atoms with Gasteiger partial charge in [0.05, 0.1) is 0 Å². The number of carbonyl (C=O) groups excluding carboxylic acids is 3. The second kappa shape index (κ2) is 9.66. The molecule has 0 radical (unpaired) electrons. The molecule has 8 heteroatoms. The highest BCUT2D eigenvalue weighted by Gasteiger charge is 2.61. The first-order chi connectivity index (χ1) is 17.9. The number of hydrogen-bond acceptors (Lipinski definition) is 7. The maximum Gasteiger partial charge on any atom is 0.341 e. The fraction of sp³-hybridized carbons (Fsp3) is 0.138. The number of para-hydroxylation sites is 1. The van der Waals surface area contributed by atoms with Crippen molar-refractivity contribution < 1.29 is 28.6 Å². The quantitative estimate of drug-likeness (QED) is 0.498. The van der Waals surface area contributed by atoms with Crippen molar-refractivity contribution in [1.29, 1.82) is 0 Å². The smallest absolute Gasteiger partial charge is 0.341 e. The summed E-state index contributed by atoms with van der Waals surface area (Å²) in [6.07, 6.45) is 0. The maximum atomic E-state index is 13.8. The van der Waals surface area contributed by atoms with Gasteiger partial charge in [0.2, 0.25) is 11.8 Å². The van der Waals surface area contributed by atoms with Gasteiger partial charge < -0.3 is 25.3 Å². The molecule has 0 aliphatic carbocycles. The summed E-state index contributed by atoms with van der Waals surface area (Å²) in [5.41, 5.74) is 6.23.